The lowest BCUT2D eigenvalue weighted by Crippen LogP contribution is -2.11. The molecule has 4 nitrogen and oxygen atoms in total. The van der Waals surface area contributed by atoms with Crippen molar-refractivity contribution in [2.24, 2.45) is 5.92 Å². The smallest absolute Gasteiger partial charge is 0.260 e. The van der Waals surface area contributed by atoms with Gasteiger partial charge in [-0.05, 0) is 59.5 Å². The molecule has 2 N–H and O–H groups in total. The van der Waals surface area contributed by atoms with E-state index in [0.29, 0.717) is 17.5 Å². The number of nitrogen functional groups attached to an aromatic ring is 1. The Kier molecular flexibility index (Phi) is 3.96. The topological polar surface area (TPSA) is 64.9 Å². The normalized spacial score (nSPS) is 22.9. The Hall–Kier alpha value is -1.11. The van der Waals surface area contributed by atoms with Gasteiger partial charge in [-0.15, -0.1) is 0 Å². The minimum atomic E-state index is 0.438. The lowest BCUT2D eigenvalue weighted by Gasteiger charge is -2.23. The number of hydrogen-bond donors (Lipinski definition) is 1. The molecule has 0 amide bonds. The fraction of sp³-hybridized carbons (Fsp3) is 0.467. The number of aromatic nitrogens is 2. The van der Waals surface area contributed by atoms with Gasteiger partial charge >= 0.3 is 0 Å². The number of benzene rings is 1. The predicted octanol–water partition coefficient (Wildman–Crippen LogP) is 4.22. The molecule has 1 aromatic carbocycles. The van der Waals surface area contributed by atoms with Crippen molar-refractivity contribution in [1.29, 1.82) is 0 Å². The lowest BCUT2D eigenvalue weighted by molar-refractivity contribution is 0.329. The highest BCUT2D eigenvalue weighted by atomic mass is 127. The summed E-state index contributed by atoms with van der Waals surface area (Å²) in [7, 11) is 0. The van der Waals surface area contributed by atoms with Gasteiger partial charge in [-0.3, -0.25) is 0 Å². The van der Waals surface area contributed by atoms with Crippen molar-refractivity contribution in [1.82, 2.24) is 10.1 Å². The molecule has 0 radical (unpaired) electrons. The molecule has 0 aliphatic heterocycles. The van der Waals surface area contributed by atoms with E-state index in [-0.39, 0.29) is 0 Å². The molecule has 106 valence electrons. The van der Waals surface area contributed by atoms with E-state index in [1.165, 1.54) is 12.8 Å². The van der Waals surface area contributed by atoms with Gasteiger partial charge in [-0.1, -0.05) is 24.9 Å². The van der Waals surface area contributed by atoms with E-state index in [9.17, 15) is 0 Å². The average molecular weight is 383 g/mol. The van der Waals surface area contributed by atoms with Crippen molar-refractivity contribution in [3.63, 3.8) is 0 Å². The molecule has 2 aromatic rings. The summed E-state index contributed by atoms with van der Waals surface area (Å²) in [4.78, 5) is 4.57. The zero-order valence-electron chi connectivity index (χ0n) is 11.5. The highest BCUT2D eigenvalue weighted by molar-refractivity contribution is 14.1. The van der Waals surface area contributed by atoms with E-state index in [1.54, 1.807) is 0 Å². The first-order valence-electron chi connectivity index (χ1n) is 7.02. The summed E-state index contributed by atoms with van der Waals surface area (Å²) < 4.78 is 6.53. The van der Waals surface area contributed by atoms with Crippen LogP contribution in [0.3, 0.4) is 0 Å². The van der Waals surface area contributed by atoms with Gasteiger partial charge < -0.3 is 10.3 Å². The van der Waals surface area contributed by atoms with Crippen LogP contribution in [-0.2, 0) is 0 Å². The molecule has 1 fully saturated rings. The van der Waals surface area contributed by atoms with Crippen LogP contribution >= 0.6 is 22.6 Å². The van der Waals surface area contributed by atoms with Crippen LogP contribution in [-0.4, -0.2) is 10.1 Å². The van der Waals surface area contributed by atoms with Gasteiger partial charge in [0.05, 0.1) is 5.56 Å². The molecule has 20 heavy (non-hydrogen) atoms. The van der Waals surface area contributed by atoms with Crippen LogP contribution in [0.5, 0.6) is 0 Å². The van der Waals surface area contributed by atoms with Crippen molar-refractivity contribution in [2.45, 2.75) is 38.5 Å². The Morgan fingerprint density at radius 3 is 2.75 bits per heavy atom. The fourth-order valence-corrected chi connectivity index (χ4v) is 3.23. The van der Waals surface area contributed by atoms with E-state index in [4.69, 9.17) is 10.3 Å². The van der Waals surface area contributed by atoms with Crippen molar-refractivity contribution >= 4 is 28.3 Å². The fourth-order valence-electron chi connectivity index (χ4n) is 2.74. The Balaban J connectivity index is 1.85. The quantitative estimate of drug-likeness (QED) is 0.623. The van der Waals surface area contributed by atoms with Crippen molar-refractivity contribution in [3.05, 3.63) is 27.6 Å². The first-order valence-corrected chi connectivity index (χ1v) is 8.10. The van der Waals surface area contributed by atoms with Crippen LogP contribution in [0.1, 0.15) is 44.3 Å². The van der Waals surface area contributed by atoms with E-state index >= 15 is 0 Å². The van der Waals surface area contributed by atoms with Crippen LogP contribution in [0.4, 0.5) is 5.69 Å². The predicted molar refractivity (Wildman–Crippen MR) is 87.2 cm³/mol. The van der Waals surface area contributed by atoms with Crippen LogP contribution in [0, 0.1) is 9.49 Å². The second-order valence-corrected chi connectivity index (χ2v) is 6.89. The first kappa shape index (κ1) is 13.9. The first-order chi connectivity index (χ1) is 9.63. The summed E-state index contributed by atoms with van der Waals surface area (Å²) >= 11 is 2.26. The van der Waals surface area contributed by atoms with Gasteiger partial charge in [0.2, 0.25) is 0 Å². The third-order valence-corrected chi connectivity index (χ3v) is 4.74. The number of rotatable bonds is 2. The number of nitrogens with zero attached hydrogens (tertiary/aromatic N) is 2. The monoisotopic (exact) mass is 383 g/mol. The van der Waals surface area contributed by atoms with Gasteiger partial charge in [0.25, 0.3) is 5.89 Å². The van der Waals surface area contributed by atoms with E-state index in [2.05, 4.69) is 39.7 Å². The number of halogens is 1. The molecule has 0 bridgehead atoms. The zero-order chi connectivity index (χ0) is 14.1. The molecule has 1 saturated carbocycles. The zero-order valence-corrected chi connectivity index (χ0v) is 13.6. The van der Waals surface area contributed by atoms with Crippen LogP contribution < -0.4 is 5.73 Å². The lowest BCUT2D eigenvalue weighted by atomic mass is 9.83. The molecular formula is C15H18IN3O. The summed E-state index contributed by atoms with van der Waals surface area (Å²) in [6.45, 7) is 2.31. The van der Waals surface area contributed by atoms with Gasteiger partial charge in [0.15, 0.2) is 5.82 Å². The van der Waals surface area contributed by atoms with Gasteiger partial charge in [-0.25, -0.2) is 0 Å². The molecule has 1 heterocycles. The molecule has 0 spiro atoms. The Bertz CT molecular complexity index is 603. The summed E-state index contributed by atoms with van der Waals surface area (Å²) in [5.41, 5.74) is 7.51. The second-order valence-electron chi connectivity index (χ2n) is 5.65. The molecule has 1 aliphatic carbocycles. The Morgan fingerprint density at radius 1 is 1.25 bits per heavy atom. The molecule has 5 heteroatoms. The van der Waals surface area contributed by atoms with Gasteiger partial charge in [0, 0.05) is 15.2 Å². The molecule has 1 aromatic heterocycles. The van der Waals surface area contributed by atoms with Gasteiger partial charge in [0.1, 0.15) is 0 Å². The largest absolute Gasteiger partial charge is 0.398 e. The van der Waals surface area contributed by atoms with Crippen LogP contribution in [0.2, 0.25) is 0 Å². The van der Waals surface area contributed by atoms with Crippen LogP contribution in [0.15, 0.2) is 22.7 Å². The van der Waals surface area contributed by atoms with Gasteiger partial charge in [-0.2, -0.15) is 4.98 Å². The molecule has 0 atom stereocenters. The maximum atomic E-state index is 6.00. The van der Waals surface area contributed by atoms with E-state index < -0.39 is 0 Å². The standard InChI is InChI=1S/C15H18IN3O/c1-9-2-4-10(5-3-9)14-18-15(20-19-14)12-8-11(16)6-7-13(12)17/h6-10H,2-5,17H2,1H3. The molecule has 0 saturated heterocycles. The third kappa shape index (κ3) is 2.82. The van der Waals surface area contributed by atoms with Crippen molar-refractivity contribution in [2.75, 3.05) is 5.73 Å². The maximum Gasteiger partial charge on any atom is 0.260 e. The third-order valence-electron chi connectivity index (χ3n) is 4.07. The minimum absolute atomic E-state index is 0.438. The minimum Gasteiger partial charge on any atom is -0.398 e. The van der Waals surface area contributed by atoms with E-state index in [0.717, 1.165) is 33.7 Å². The Morgan fingerprint density at radius 2 is 2.00 bits per heavy atom. The summed E-state index contributed by atoms with van der Waals surface area (Å²) in [6, 6.07) is 5.83. The molecule has 1 aliphatic rings. The summed E-state index contributed by atoms with van der Waals surface area (Å²) in [5.74, 6) is 2.64. The van der Waals surface area contributed by atoms with E-state index in [1.807, 2.05) is 18.2 Å². The molecule has 3 rings (SSSR count). The second kappa shape index (κ2) is 5.71. The summed E-state index contributed by atoms with van der Waals surface area (Å²) in [6.07, 6.45) is 4.81. The highest BCUT2D eigenvalue weighted by Gasteiger charge is 2.24. The number of hydrogen-bond acceptors (Lipinski definition) is 4. The Labute approximate surface area is 132 Å². The maximum absolute atomic E-state index is 6.00. The average Bonchev–Trinajstić information content (AvgIpc) is 2.92. The number of anilines is 1. The summed E-state index contributed by atoms with van der Waals surface area (Å²) in [5, 5.41) is 4.17. The molecular weight excluding hydrogens is 365 g/mol. The van der Waals surface area contributed by atoms with Crippen molar-refractivity contribution < 1.29 is 4.52 Å². The van der Waals surface area contributed by atoms with Crippen LogP contribution in [0.25, 0.3) is 11.5 Å². The SMILES string of the molecule is CC1CCC(c2noc(-c3cc(I)ccc3N)n2)CC1. The van der Waals surface area contributed by atoms with Crippen molar-refractivity contribution in [3.8, 4) is 11.5 Å². The molecule has 0 unspecified atom stereocenters. The number of nitrogens with two attached hydrogens (primary N) is 1. The highest BCUT2D eigenvalue weighted by Crippen LogP contribution is 2.35.